The topological polar surface area (TPSA) is 36.7 Å². The Balaban J connectivity index is 3.17. The van der Waals surface area contributed by atoms with Gasteiger partial charge in [-0.1, -0.05) is 34.6 Å². The third-order valence-electron chi connectivity index (χ3n) is 2.56. The molecule has 0 aromatic carbocycles. The molecule has 0 aliphatic heterocycles. The fourth-order valence-corrected chi connectivity index (χ4v) is 2.87. The number of aryl methyl sites for hydroxylation is 1. The number of nitriles is 1. The lowest BCUT2D eigenvalue weighted by Gasteiger charge is -2.14. The fourth-order valence-electron chi connectivity index (χ4n) is 1.53. The van der Waals surface area contributed by atoms with Gasteiger partial charge in [0, 0.05) is 10.3 Å². The minimum absolute atomic E-state index is 0.0198. The van der Waals surface area contributed by atoms with Crippen LogP contribution >= 0.6 is 11.3 Å². The molecule has 0 aliphatic carbocycles. The molecule has 0 bridgehead atoms. The van der Waals surface area contributed by atoms with Crippen molar-refractivity contribution >= 4 is 11.3 Å². The standard InChI is InChI=1S/C13H20N2S/c1-8(2)10(7-14)11-9(3)15-12(16-11)13(4,5)6/h8,10H,1-6H3. The summed E-state index contributed by atoms with van der Waals surface area (Å²) in [5.41, 5.74) is 1.10. The van der Waals surface area contributed by atoms with Gasteiger partial charge in [0.15, 0.2) is 0 Å². The number of nitrogens with zero attached hydrogens (tertiary/aromatic N) is 2. The van der Waals surface area contributed by atoms with Gasteiger partial charge in [-0.25, -0.2) is 4.98 Å². The van der Waals surface area contributed by atoms with Crippen molar-refractivity contribution in [3.05, 3.63) is 15.6 Å². The van der Waals surface area contributed by atoms with E-state index in [2.05, 4.69) is 45.7 Å². The van der Waals surface area contributed by atoms with E-state index in [0.29, 0.717) is 5.92 Å². The Bertz CT molecular complexity index is 405. The zero-order chi connectivity index (χ0) is 12.5. The highest BCUT2D eigenvalue weighted by molar-refractivity contribution is 7.12. The van der Waals surface area contributed by atoms with E-state index in [1.165, 1.54) is 0 Å². The minimum Gasteiger partial charge on any atom is -0.246 e. The molecular weight excluding hydrogens is 216 g/mol. The van der Waals surface area contributed by atoms with Crippen LogP contribution in [0.4, 0.5) is 0 Å². The van der Waals surface area contributed by atoms with Crippen LogP contribution < -0.4 is 0 Å². The maximum absolute atomic E-state index is 9.22. The van der Waals surface area contributed by atoms with Gasteiger partial charge >= 0.3 is 0 Å². The van der Waals surface area contributed by atoms with Gasteiger partial charge in [-0.2, -0.15) is 5.26 Å². The van der Waals surface area contributed by atoms with E-state index in [1.54, 1.807) is 11.3 Å². The van der Waals surface area contributed by atoms with Crippen LogP contribution in [-0.2, 0) is 5.41 Å². The molecule has 1 aromatic heterocycles. The van der Waals surface area contributed by atoms with Crippen molar-refractivity contribution in [2.24, 2.45) is 5.92 Å². The average molecular weight is 236 g/mol. The maximum Gasteiger partial charge on any atom is 0.0984 e. The first-order chi connectivity index (χ1) is 7.27. The Morgan fingerprint density at radius 1 is 1.31 bits per heavy atom. The SMILES string of the molecule is Cc1nc(C(C)(C)C)sc1C(C#N)C(C)C. The summed E-state index contributed by atoms with van der Waals surface area (Å²) in [4.78, 5) is 5.74. The lowest BCUT2D eigenvalue weighted by molar-refractivity contribution is 0.582. The number of hydrogen-bond acceptors (Lipinski definition) is 3. The highest BCUT2D eigenvalue weighted by atomic mass is 32.1. The predicted octanol–water partition coefficient (Wildman–Crippen LogP) is 4.01. The van der Waals surface area contributed by atoms with Gasteiger partial charge in [0.2, 0.25) is 0 Å². The fraction of sp³-hybridized carbons (Fsp3) is 0.692. The third-order valence-corrected chi connectivity index (χ3v) is 4.23. The Hall–Kier alpha value is -0.880. The maximum atomic E-state index is 9.22. The summed E-state index contributed by atoms with van der Waals surface area (Å²) in [6.45, 7) is 12.7. The van der Waals surface area contributed by atoms with Crippen LogP contribution in [0.15, 0.2) is 0 Å². The van der Waals surface area contributed by atoms with Gasteiger partial charge < -0.3 is 0 Å². The zero-order valence-corrected chi connectivity index (χ0v) is 11.8. The molecule has 1 rings (SSSR count). The van der Waals surface area contributed by atoms with E-state index in [4.69, 9.17) is 0 Å². The summed E-state index contributed by atoms with van der Waals surface area (Å²) in [5.74, 6) is 0.325. The van der Waals surface area contributed by atoms with Crippen molar-refractivity contribution in [2.75, 3.05) is 0 Å². The second-order valence-corrected chi connectivity index (χ2v) is 6.60. The van der Waals surface area contributed by atoms with E-state index in [9.17, 15) is 5.26 Å². The number of rotatable bonds is 2. The summed E-state index contributed by atoms with van der Waals surface area (Å²) < 4.78 is 0. The minimum atomic E-state index is -0.0198. The van der Waals surface area contributed by atoms with Crippen LogP contribution in [0.3, 0.4) is 0 Å². The molecular formula is C13H20N2S. The van der Waals surface area contributed by atoms with Crippen molar-refractivity contribution in [3.63, 3.8) is 0 Å². The number of hydrogen-bond donors (Lipinski definition) is 0. The van der Waals surface area contributed by atoms with Gasteiger partial charge in [0.05, 0.1) is 22.7 Å². The van der Waals surface area contributed by atoms with E-state index >= 15 is 0 Å². The molecule has 16 heavy (non-hydrogen) atoms. The van der Waals surface area contributed by atoms with Crippen LogP contribution in [0, 0.1) is 24.2 Å². The second-order valence-electron chi connectivity index (χ2n) is 5.57. The Labute approximate surface area is 102 Å². The molecule has 0 radical (unpaired) electrons. The smallest absolute Gasteiger partial charge is 0.0984 e. The van der Waals surface area contributed by atoms with E-state index < -0.39 is 0 Å². The van der Waals surface area contributed by atoms with Gasteiger partial charge in [0.25, 0.3) is 0 Å². The van der Waals surface area contributed by atoms with Gasteiger partial charge in [-0.05, 0) is 12.8 Å². The van der Waals surface area contributed by atoms with E-state index in [0.717, 1.165) is 15.6 Å². The Morgan fingerprint density at radius 2 is 1.88 bits per heavy atom. The molecule has 1 atom stereocenters. The van der Waals surface area contributed by atoms with E-state index in [1.807, 2.05) is 6.92 Å². The van der Waals surface area contributed by atoms with Gasteiger partial charge in [0.1, 0.15) is 0 Å². The molecule has 1 aromatic rings. The monoisotopic (exact) mass is 236 g/mol. The number of aromatic nitrogens is 1. The van der Waals surface area contributed by atoms with Crippen LogP contribution in [0.5, 0.6) is 0 Å². The quantitative estimate of drug-likeness (QED) is 0.778. The molecule has 88 valence electrons. The first-order valence-corrected chi connectivity index (χ1v) is 6.46. The predicted molar refractivity (Wildman–Crippen MR) is 68.7 cm³/mol. The van der Waals surface area contributed by atoms with Crippen molar-refractivity contribution in [1.82, 2.24) is 4.98 Å². The van der Waals surface area contributed by atoms with Gasteiger partial charge in [-0.3, -0.25) is 0 Å². The molecule has 0 aliphatic rings. The lowest BCUT2D eigenvalue weighted by atomic mass is 9.95. The summed E-state index contributed by atoms with van der Waals surface area (Å²) in [6, 6.07) is 2.39. The lowest BCUT2D eigenvalue weighted by Crippen LogP contribution is -2.10. The Morgan fingerprint density at radius 3 is 2.19 bits per heavy atom. The molecule has 0 saturated carbocycles. The third kappa shape index (κ3) is 2.62. The summed E-state index contributed by atoms with van der Waals surface area (Å²) in [6.07, 6.45) is 0. The largest absolute Gasteiger partial charge is 0.246 e. The van der Waals surface area contributed by atoms with E-state index in [-0.39, 0.29) is 11.3 Å². The highest BCUT2D eigenvalue weighted by Crippen LogP contribution is 2.35. The summed E-state index contributed by atoms with van der Waals surface area (Å²) in [5, 5.41) is 10.3. The van der Waals surface area contributed by atoms with Crippen molar-refractivity contribution < 1.29 is 0 Å². The molecule has 2 nitrogen and oxygen atoms in total. The normalized spacial score (nSPS) is 13.9. The van der Waals surface area contributed by atoms with Crippen LogP contribution in [0.2, 0.25) is 0 Å². The molecule has 1 heterocycles. The van der Waals surface area contributed by atoms with Gasteiger partial charge in [-0.15, -0.1) is 11.3 Å². The average Bonchev–Trinajstić information content (AvgIpc) is 2.48. The summed E-state index contributed by atoms with van der Waals surface area (Å²) >= 11 is 1.69. The molecule has 1 unspecified atom stereocenters. The van der Waals surface area contributed by atoms with Crippen LogP contribution in [0.25, 0.3) is 0 Å². The molecule has 0 N–H and O–H groups in total. The van der Waals surface area contributed by atoms with Crippen LogP contribution in [-0.4, -0.2) is 4.98 Å². The summed E-state index contributed by atoms with van der Waals surface area (Å²) in [7, 11) is 0. The molecule has 0 amide bonds. The first-order valence-electron chi connectivity index (χ1n) is 5.64. The van der Waals surface area contributed by atoms with Crippen LogP contribution in [0.1, 0.15) is 56.1 Å². The molecule has 3 heteroatoms. The van der Waals surface area contributed by atoms with Crippen molar-refractivity contribution in [2.45, 2.75) is 52.9 Å². The second kappa shape index (κ2) is 4.55. The van der Waals surface area contributed by atoms with Crippen molar-refractivity contribution in [3.8, 4) is 6.07 Å². The van der Waals surface area contributed by atoms with Crippen molar-refractivity contribution in [1.29, 1.82) is 5.26 Å². The molecule has 0 saturated heterocycles. The highest BCUT2D eigenvalue weighted by Gasteiger charge is 2.25. The molecule has 0 fully saturated rings. The Kier molecular flexibility index (Phi) is 3.75. The first kappa shape index (κ1) is 13.2. The number of thiazole rings is 1. The molecule has 0 spiro atoms. The zero-order valence-electron chi connectivity index (χ0n) is 11.0.